The van der Waals surface area contributed by atoms with E-state index in [1.165, 1.54) is 24.3 Å². The minimum atomic E-state index is -4.50. The van der Waals surface area contributed by atoms with Crippen molar-refractivity contribution in [3.05, 3.63) is 108 Å². The first-order valence-corrected chi connectivity index (χ1v) is 14.7. The molecule has 1 aliphatic heterocycles. The van der Waals surface area contributed by atoms with E-state index >= 15 is 0 Å². The van der Waals surface area contributed by atoms with Gasteiger partial charge in [0.15, 0.2) is 29.4 Å². The minimum Gasteiger partial charge on any atom is -0.461 e. The Hall–Kier alpha value is -4.69. The lowest BCUT2D eigenvalue weighted by Crippen LogP contribution is -2.30. The Bertz CT molecular complexity index is 1720. The van der Waals surface area contributed by atoms with Crippen LogP contribution in [0.4, 0.5) is 28.9 Å². The Balaban J connectivity index is 1.43. The number of aromatic nitrogens is 1. The molecule has 0 aliphatic carbocycles. The molecule has 5 rings (SSSR count). The summed E-state index contributed by atoms with van der Waals surface area (Å²) in [6.07, 6.45) is 3.96. The van der Waals surface area contributed by atoms with Gasteiger partial charge in [-0.05, 0) is 72.6 Å². The molecule has 1 aromatic heterocycles. The average molecular weight is 632 g/mol. The Kier molecular flexibility index (Phi) is 9.30. The number of ether oxygens (including phenoxy) is 3. The number of amides is 1. The number of carbonyl (C=O) groups is 1. The average Bonchev–Trinajstić information content (AvgIpc) is 3.51. The standard InChI is InChI=1S/C30H25F4N3O6S/c31-24-11-10-23(16-25(24)32)44(39,40)36-29(38)20-5-7-21(8-6-20)37(18-19-3-1-13-35-17-19)22-9-12-26(43-30(33)34)27(15-22)42-28-4-2-14-41-28/h1,3,5-13,15-17,28,30H,2,4,14,18H2,(H,36,38). The normalized spacial score (nSPS) is 14.8. The highest BCUT2D eigenvalue weighted by Gasteiger charge is 2.23. The lowest BCUT2D eigenvalue weighted by atomic mass is 10.1. The van der Waals surface area contributed by atoms with E-state index in [1.54, 1.807) is 41.6 Å². The minimum absolute atomic E-state index is 0.0377. The summed E-state index contributed by atoms with van der Waals surface area (Å²) >= 11 is 0. The number of benzene rings is 3. The maximum absolute atomic E-state index is 13.6. The molecule has 0 spiro atoms. The van der Waals surface area contributed by atoms with Gasteiger partial charge in [0.05, 0.1) is 11.5 Å². The van der Waals surface area contributed by atoms with Crippen LogP contribution in [-0.2, 0) is 21.3 Å². The summed E-state index contributed by atoms with van der Waals surface area (Å²) in [4.78, 5) is 18.1. The largest absolute Gasteiger partial charge is 0.461 e. The van der Waals surface area contributed by atoms with Crippen molar-refractivity contribution in [3.63, 3.8) is 0 Å². The van der Waals surface area contributed by atoms with Gasteiger partial charge in [-0.25, -0.2) is 21.9 Å². The van der Waals surface area contributed by atoms with E-state index in [0.29, 0.717) is 36.5 Å². The summed E-state index contributed by atoms with van der Waals surface area (Å²) in [5.74, 6) is -3.74. The van der Waals surface area contributed by atoms with Crippen LogP contribution in [0.3, 0.4) is 0 Å². The summed E-state index contributed by atoms with van der Waals surface area (Å²) in [5, 5.41) is 0. The van der Waals surface area contributed by atoms with Crippen molar-refractivity contribution in [2.24, 2.45) is 0 Å². The van der Waals surface area contributed by atoms with Crippen LogP contribution >= 0.6 is 0 Å². The Morgan fingerprint density at radius 3 is 2.43 bits per heavy atom. The van der Waals surface area contributed by atoms with Crippen LogP contribution < -0.4 is 19.1 Å². The fraction of sp³-hybridized carbons (Fsp3) is 0.200. The van der Waals surface area contributed by atoms with E-state index in [4.69, 9.17) is 9.47 Å². The quantitative estimate of drug-likeness (QED) is 0.203. The molecule has 3 aromatic carbocycles. The van der Waals surface area contributed by atoms with Gasteiger partial charge in [0.2, 0.25) is 0 Å². The van der Waals surface area contributed by atoms with E-state index in [9.17, 15) is 30.8 Å². The van der Waals surface area contributed by atoms with E-state index in [-0.39, 0.29) is 23.6 Å². The third-order valence-corrected chi connectivity index (χ3v) is 7.86. The van der Waals surface area contributed by atoms with Crippen molar-refractivity contribution < 1.29 is 45.0 Å². The first kappa shape index (κ1) is 30.8. The van der Waals surface area contributed by atoms with Gasteiger partial charge in [-0.15, -0.1) is 0 Å². The molecule has 1 aliphatic rings. The van der Waals surface area contributed by atoms with Crippen LogP contribution in [0.15, 0.2) is 90.1 Å². The van der Waals surface area contributed by atoms with Crippen molar-refractivity contribution in [3.8, 4) is 11.5 Å². The van der Waals surface area contributed by atoms with Crippen LogP contribution in [0.25, 0.3) is 0 Å². The molecule has 230 valence electrons. The fourth-order valence-corrected chi connectivity index (χ4v) is 5.40. The van der Waals surface area contributed by atoms with Gasteiger partial charge < -0.3 is 19.1 Å². The number of nitrogens with zero attached hydrogens (tertiary/aromatic N) is 2. The molecule has 1 amide bonds. The van der Waals surface area contributed by atoms with Crippen molar-refractivity contribution in [1.29, 1.82) is 0 Å². The number of nitrogens with one attached hydrogen (secondary N) is 1. The van der Waals surface area contributed by atoms with Gasteiger partial charge in [0, 0.05) is 48.4 Å². The zero-order valence-corrected chi connectivity index (χ0v) is 23.6. The smallest absolute Gasteiger partial charge is 0.387 e. The highest BCUT2D eigenvalue weighted by Crippen LogP contribution is 2.38. The number of anilines is 2. The van der Waals surface area contributed by atoms with Crippen molar-refractivity contribution in [2.45, 2.75) is 37.2 Å². The van der Waals surface area contributed by atoms with E-state index in [0.717, 1.165) is 18.1 Å². The molecule has 9 nitrogen and oxygen atoms in total. The van der Waals surface area contributed by atoms with Gasteiger partial charge in [-0.3, -0.25) is 9.78 Å². The van der Waals surface area contributed by atoms with E-state index in [1.807, 2.05) is 10.8 Å². The lowest BCUT2D eigenvalue weighted by Gasteiger charge is -2.27. The Morgan fingerprint density at radius 1 is 1.00 bits per heavy atom. The van der Waals surface area contributed by atoms with E-state index in [2.05, 4.69) is 9.72 Å². The number of hydrogen-bond donors (Lipinski definition) is 1. The molecular formula is C30H25F4N3O6S. The maximum Gasteiger partial charge on any atom is 0.387 e. The van der Waals surface area contributed by atoms with Gasteiger partial charge in [-0.1, -0.05) is 6.07 Å². The molecule has 1 saturated heterocycles. The topological polar surface area (TPSA) is 107 Å². The molecule has 0 radical (unpaired) electrons. The summed E-state index contributed by atoms with van der Waals surface area (Å²) in [6.45, 7) is -2.34. The third-order valence-electron chi connectivity index (χ3n) is 6.53. The highest BCUT2D eigenvalue weighted by molar-refractivity contribution is 7.90. The third kappa shape index (κ3) is 7.44. The summed E-state index contributed by atoms with van der Waals surface area (Å²) in [6, 6.07) is 15.8. The number of halogens is 4. The predicted octanol–water partition coefficient (Wildman–Crippen LogP) is 5.93. The predicted molar refractivity (Wildman–Crippen MR) is 150 cm³/mol. The molecule has 1 unspecified atom stereocenters. The van der Waals surface area contributed by atoms with Crippen LogP contribution in [0.1, 0.15) is 28.8 Å². The summed E-state index contributed by atoms with van der Waals surface area (Å²) < 4.78 is 96.1. The summed E-state index contributed by atoms with van der Waals surface area (Å²) in [5.41, 5.74) is 1.81. The SMILES string of the molecule is O=C(NS(=O)(=O)c1ccc(F)c(F)c1)c1ccc(N(Cc2cccnc2)c2ccc(OC(F)F)c(OC3CCCO3)c2)cc1. The first-order chi connectivity index (χ1) is 21.1. The van der Waals surface area contributed by atoms with Gasteiger partial charge in [-0.2, -0.15) is 8.78 Å². The van der Waals surface area contributed by atoms with Crippen LogP contribution in [0.2, 0.25) is 0 Å². The number of hydrogen-bond acceptors (Lipinski definition) is 8. The number of pyridine rings is 1. The van der Waals surface area contributed by atoms with Crippen LogP contribution in [-0.4, -0.2) is 38.8 Å². The fourth-order valence-electron chi connectivity index (χ4n) is 4.42. The van der Waals surface area contributed by atoms with Crippen LogP contribution in [0.5, 0.6) is 11.5 Å². The molecule has 44 heavy (non-hydrogen) atoms. The van der Waals surface area contributed by atoms with Gasteiger partial charge >= 0.3 is 6.61 Å². The number of alkyl halides is 2. The lowest BCUT2D eigenvalue weighted by molar-refractivity contribution is -0.0632. The first-order valence-electron chi connectivity index (χ1n) is 13.2. The highest BCUT2D eigenvalue weighted by atomic mass is 32.2. The second-order valence-corrected chi connectivity index (χ2v) is 11.3. The maximum atomic E-state index is 13.6. The second kappa shape index (κ2) is 13.3. The number of rotatable bonds is 11. The molecule has 0 bridgehead atoms. The van der Waals surface area contributed by atoms with Crippen molar-refractivity contribution in [1.82, 2.24) is 9.71 Å². The Morgan fingerprint density at radius 2 is 1.77 bits per heavy atom. The zero-order valence-electron chi connectivity index (χ0n) is 22.8. The van der Waals surface area contributed by atoms with Crippen LogP contribution in [0, 0.1) is 11.6 Å². The van der Waals surface area contributed by atoms with Gasteiger partial charge in [0.25, 0.3) is 15.9 Å². The number of carbonyl (C=O) groups excluding carboxylic acids is 1. The second-order valence-electron chi connectivity index (χ2n) is 9.57. The molecule has 1 N–H and O–H groups in total. The monoisotopic (exact) mass is 631 g/mol. The molecule has 4 aromatic rings. The Labute approximate surface area is 250 Å². The molecule has 14 heteroatoms. The zero-order chi connectivity index (χ0) is 31.3. The van der Waals surface area contributed by atoms with E-state index < -0.39 is 45.4 Å². The molecule has 0 saturated carbocycles. The molecule has 1 atom stereocenters. The molecule has 2 heterocycles. The van der Waals surface area contributed by atoms with Crippen molar-refractivity contribution >= 4 is 27.3 Å². The molecule has 1 fully saturated rings. The summed E-state index contributed by atoms with van der Waals surface area (Å²) in [7, 11) is -4.50. The number of sulfonamides is 1. The van der Waals surface area contributed by atoms with Crippen molar-refractivity contribution in [2.75, 3.05) is 11.5 Å². The molecular weight excluding hydrogens is 606 g/mol. The van der Waals surface area contributed by atoms with Gasteiger partial charge in [0.1, 0.15) is 0 Å².